The third kappa shape index (κ3) is 4.00. The van der Waals surface area contributed by atoms with Crippen LogP contribution in [0.1, 0.15) is 20.3 Å². The van der Waals surface area contributed by atoms with Crippen molar-refractivity contribution < 1.29 is 22.1 Å². The van der Waals surface area contributed by atoms with Gasteiger partial charge in [-0.1, -0.05) is 22.9 Å². The molecular formula is C8H14BrNO5S. The number of carbonyl (C=O) groups is 1. The van der Waals surface area contributed by atoms with Crippen molar-refractivity contribution in [3.8, 4) is 0 Å². The molecule has 1 heterocycles. The molecule has 1 saturated heterocycles. The van der Waals surface area contributed by atoms with Crippen molar-refractivity contribution in [2.75, 3.05) is 6.61 Å². The first kappa shape index (κ1) is 13.9. The van der Waals surface area contributed by atoms with Gasteiger partial charge in [-0.05, 0) is 0 Å². The molecule has 1 N–H and O–H groups in total. The molecule has 6 nitrogen and oxygen atoms in total. The second-order valence-electron chi connectivity index (χ2n) is 3.53. The van der Waals surface area contributed by atoms with Crippen molar-refractivity contribution in [2.45, 2.75) is 37.2 Å². The molecule has 3 atom stereocenters. The molecule has 16 heavy (non-hydrogen) atoms. The quantitative estimate of drug-likeness (QED) is 0.586. The van der Waals surface area contributed by atoms with E-state index in [9.17, 15) is 13.2 Å². The van der Waals surface area contributed by atoms with Gasteiger partial charge in [0.15, 0.2) is 0 Å². The van der Waals surface area contributed by atoms with Gasteiger partial charge in [0.2, 0.25) is 0 Å². The number of hydrogen-bond donors (Lipinski definition) is 1. The van der Waals surface area contributed by atoms with E-state index in [4.69, 9.17) is 4.74 Å². The minimum absolute atomic E-state index is 0.00347. The molecule has 0 bridgehead atoms. The van der Waals surface area contributed by atoms with Crippen LogP contribution in [-0.2, 0) is 24.0 Å². The van der Waals surface area contributed by atoms with E-state index in [1.165, 1.54) is 6.92 Å². The number of halogens is 1. The van der Waals surface area contributed by atoms with E-state index >= 15 is 0 Å². The SMILES string of the molecule is CC(=O)O[C@@H]1CCOS(=O)(=O)N[C@@H]1[C@H](C)Br. The zero-order chi connectivity index (χ0) is 12.3. The highest BCUT2D eigenvalue weighted by Crippen LogP contribution is 2.19. The Balaban J connectivity index is 2.85. The molecule has 0 aromatic carbocycles. The molecule has 0 aliphatic carbocycles. The molecular weight excluding hydrogens is 302 g/mol. The molecule has 0 unspecified atom stereocenters. The zero-order valence-corrected chi connectivity index (χ0v) is 11.4. The number of alkyl halides is 1. The van der Waals surface area contributed by atoms with Gasteiger partial charge in [0, 0.05) is 18.2 Å². The summed E-state index contributed by atoms with van der Waals surface area (Å²) in [4.78, 5) is 10.7. The zero-order valence-electron chi connectivity index (χ0n) is 8.97. The van der Waals surface area contributed by atoms with Crippen molar-refractivity contribution in [2.24, 2.45) is 0 Å². The number of ether oxygens (including phenoxy) is 1. The second kappa shape index (κ2) is 5.44. The highest BCUT2D eigenvalue weighted by Gasteiger charge is 2.35. The molecule has 0 aromatic heterocycles. The Morgan fingerprint density at radius 2 is 2.25 bits per heavy atom. The monoisotopic (exact) mass is 315 g/mol. The summed E-state index contributed by atoms with van der Waals surface area (Å²) in [6.07, 6.45) is -0.184. The Bertz CT molecular complexity index is 355. The van der Waals surface area contributed by atoms with Crippen LogP contribution in [0.25, 0.3) is 0 Å². The molecule has 0 amide bonds. The predicted molar refractivity (Wildman–Crippen MR) is 60.4 cm³/mol. The van der Waals surface area contributed by atoms with Crippen LogP contribution in [0, 0.1) is 0 Å². The summed E-state index contributed by atoms with van der Waals surface area (Å²) < 4.78 is 34.7. The van der Waals surface area contributed by atoms with Gasteiger partial charge in [-0.3, -0.25) is 8.98 Å². The molecule has 0 saturated carbocycles. The van der Waals surface area contributed by atoms with Gasteiger partial charge in [-0.2, -0.15) is 13.1 Å². The Labute approximate surface area is 103 Å². The topological polar surface area (TPSA) is 81.7 Å². The minimum Gasteiger partial charge on any atom is -0.461 e. The van der Waals surface area contributed by atoms with Gasteiger partial charge in [0.25, 0.3) is 0 Å². The second-order valence-corrected chi connectivity index (χ2v) is 6.36. The number of esters is 1. The first-order valence-electron chi connectivity index (χ1n) is 4.80. The minimum atomic E-state index is -3.75. The molecule has 0 radical (unpaired) electrons. The maximum absolute atomic E-state index is 11.3. The summed E-state index contributed by atoms with van der Waals surface area (Å²) >= 11 is 3.28. The van der Waals surface area contributed by atoms with E-state index < -0.39 is 28.4 Å². The Hall–Kier alpha value is -0.180. The standard InChI is InChI=1S/C8H14BrNO5S/c1-5(9)8-7(15-6(2)11)3-4-14-16(12,13)10-8/h5,7-8,10H,3-4H2,1-2H3/t5-,7+,8+/m0/s1. The summed E-state index contributed by atoms with van der Waals surface area (Å²) in [7, 11) is -3.75. The summed E-state index contributed by atoms with van der Waals surface area (Å²) in [5, 5.41) is 0. The smallest absolute Gasteiger partial charge is 0.336 e. The third-order valence-electron chi connectivity index (χ3n) is 2.13. The van der Waals surface area contributed by atoms with Crippen molar-refractivity contribution in [3.05, 3.63) is 0 Å². The molecule has 1 fully saturated rings. The summed E-state index contributed by atoms with van der Waals surface area (Å²) in [5.74, 6) is -0.441. The molecule has 1 aliphatic rings. The first-order chi connectivity index (χ1) is 7.32. The highest BCUT2D eigenvalue weighted by molar-refractivity contribution is 9.09. The van der Waals surface area contributed by atoms with Gasteiger partial charge in [-0.15, -0.1) is 0 Å². The molecule has 1 rings (SSSR count). The van der Waals surface area contributed by atoms with Crippen molar-refractivity contribution >= 4 is 32.2 Å². The van der Waals surface area contributed by atoms with Crippen molar-refractivity contribution in [1.82, 2.24) is 4.72 Å². The molecule has 94 valence electrons. The van der Waals surface area contributed by atoms with Crippen LogP contribution < -0.4 is 4.72 Å². The Morgan fingerprint density at radius 1 is 1.62 bits per heavy atom. The van der Waals surface area contributed by atoms with Crippen LogP contribution in [-0.4, -0.2) is 38.0 Å². The Kier molecular flexibility index (Phi) is 4.72. The lowest BCUT2D eigenvalue weighted by atomic mass is 10.1. The fourth-order valence-corrected chi connectivity index (χ4v) is 3.19. The van der Waals surface area contributed by atoms with E-state index in [0.717, 1.165) is 0 Å². The molecule has 0 aromatic rings. The van der Waals surface area contributed by atoms with Gasteiger partial charge in [-0.25, -0.2) is 0 Å². The molecule has 8 heteroatoms. The van der Waals surface area contributed by atoms with E-state index in [1.54, 1.807) is 6.92 Å². The maximum Gasteiger partial charge on any atom is 0.336 e. The lowest BCUT2D eigenvalue weighted by Crippen LogP contribution is -2.47. The highest BCUT2D eigenvalue weighted by atomic mass is 79.9. The maximum atomic E-state index is 11.3. The van der Waals surface area contributed by atoms with E-state index in [-0.39, 0.29) is 11.4 Å². The Morgan fingerprint density at radius 3 is 2.75 bits per heavy atom. The van der Waals surface area contributed by atoms with Crippen LogP contribution in [0.3, 0.4) is 0 Å². The van der Waals surface area contributed by atoms with Gasteiger partial charge in [0.1, 0.15) is 6.10 Å². The molecule has 0 spiro atoms. The van der Waals surface area contributed by atoms with E-state index in [0.29, 0.717) is 6.42 Å². The first-order valence-corrected chi connectivity index (χ1v) is 7.12. The summed E-state index contributed by atoms with van der Waals surface area (Å²) in [6.45, 7) is 3.06. The number of rotatable bonds is 2. The lowest BCUT2D eigenvalue weighted by Gasteiger charge is -2.25. The average molecular weight is 316 g/mol. The van der Waals surface area contributed by atoms with Crippen LogP contribution in [0.5, 0.6) is 0 Å². The third-order valence-corrected chi connectivity index (χ3v) is 3.74. The van der Waals surface area contributed by atoms with Crippen molar-refractivity contribution in [1.29, 1.82) is 0 Å². The average Bonchev–Trinajstić information content (AvgIpc) is 2.24. The van der Waals surface area contributed by atoms with Crippen LogP contribution in [0.2, 0.25) is 0 Å². The van der Waals surface area contributed by atoms with Crippen molar-refractivity contribution in [3.63, 3.8) is 0 Å². The fourth-order valence-electron chi connectivity index (χ4n) is 1.47. The number of hydrogen-bond acceptors (Lipinski definition) is 5. The van der Waals surface area contributed by atoms with E-state index in [1.807, 2.05) is 0 Å². The van der Waals surface area contributed by atoms with Gasteiger partial charge in [0.05, 0.1) is 12.6 Å². The van der Waals surface area contributed by atoms with Crippen LogP contribution in [0.15, 0.2) is 0 Å². The van der Waals surface area contributed by atoms with Gasteiger partial charge >= 0.3 is 16.3 Å². The summed E-state index contributed by atoms with van der Waals surface area (Å²) in [5.41, 5.74) is 0. The number of carbonyl (C=O) groups excluding carboxylic acids is 1. The molecule has 1 aliphatic heterocycles. The fraction of sp³-hybridized carbons (Fsp3) is 0.875. The predicted octanol–water partition coefficient (Wildman–Crippen LogP) is 0.325. The van der Waals surface area contributed by atoms with E-state index in [2.05, 4.69) is 24.8 Å². The van der Waals surface area contributed by atoms with Crippen LogP contribution >= 0.6 is 15.9 Å². The largest absolute Gasteiger partial charge is 0.461 e. The number of nitrogens with one attached hydrogen (secondary N) is 1. The lowest BCUT2D eigenvalue weighted by molar-refractivity contribution is -0.147. The summed E-state index contributed by atoms with van der Waals surface area (Å²) in [6, 6.07) is -0.531. The van der Waals surface area contributed by atoms with Crippen LogP contribution in [0.4, 0.5) is 0 Å². The van der Waals surface area contributed by atoms with Gasteiger partial charge < -0.3 is 4.74 Å². The normalized spacial score (nSPS) is 31.4.